The number of nitrogens with one attached hydrogen (secondary N) is 2. The SMILES string of the molecule is COCCN=C(NN)NC(C)CC1CC1. The van der Waals surface area contributed by atoms with Gasteiger partial charge in [-0.1, -0.05) is 12.8 Å². The Morgan fingerprint density at radius 1 is 1.60 bits per heavy atom. The van der Waals surface area contributed by atoms with E-state index in [1.54, 1.807) is 7.11 Å². The normalized spacial score (nSPS) is 18.7. The second-order valence-electron chi connectivity index (χ2n) is 4.09. The summed E-state index contributed by atoms with van der Waals surface area (Å²) in [6, 6.07) is 0.426. The van der Waals surface area contributed by atoms with E-state index in [1.165, 1.54) is 19.3 Å². The van der Waals surface area contributed by atoms with Crippen LogP contribution < -0.4 is 16.6 Å². The highest BCUT2D eigenvalue weighted by molar-refractivity contribution is 5.79. The summed E-state index contributed by atoms with van der Waals surface area (Å²) in [5.74, 6) is 6.93. The summed E-state index contributed by atoms with van der Waals surface area (Å²) in [6.07, 6.45) is 3.95. The molecule has 1 saturated carbocycles. The number of ether oxygens (including phenoxy) is 1. The van der Waals surface area contributed by atoms with Gasteiger partial charge in [0.05, 0.1) is 13.2 Å². The number of methoxy groups -OCH3 is 1. The molecule has 5 nitrogen and oxygen atoms in total. The van der Waals surface area contributed by atoms with Crippen molar-refractivity contribution >= 4 is 5.96 Å². The van der Waals surface area contributed by atoms with Gasteiger partial charge < -0.3 is 10.1 Å². The fourth-order valence-electron chi connectivity index (χ4n) is 1.53. The monoisotopic (exact) mass is 214 g/mol. The van der Waals surface area contributed by atoms with Crippen molar-refractivity contribution in [1.29, 1.82) is 0 Å². The number of hydrogen-bond donors (Lipinski definition) is 3. The Hall–Kier alpha value is -0.810. The van der Waals surface area contributed by atoms with Crippen molar-refractivity contribution in [2.45, 2.75) is 32.2 Å². The molecule has 0 amide bonds. The first kappa shape index (κ1) is 12.3. The summed E-state index contributed by atoms with van der Waals surface area (Å²) in [6.45, 7) is 3.39. The molecule has 1 rings (SSSR count). The van der Waals surface area contributed by atoms with Crippen LogP contribution in [0.1, 0.15) is 26.2 Å². The molecule has 1 atom stereocenters. The van der Waals surface area contributed by atoms with Gasteiger partial charge in [-0.05, 0) is 19.3 Å². The Morgan fingerprint density at radius 2 is 2.33 bits per heavy atom. The van der Waals surface area contributed by atoms with Gasteiger partial charge in [-0.25, -0.2) is 10.8 Å². The van der Waals surface area contributed by atoms with Crippen molar-refractivity contribution < 1.29 is 4.74 Å². The smallest absolute Gasteiger partial charge is 0.206 e. The van der Waals surface area contributed by atoms with Crippen LogP contribution in [0.4, 0.5) is 0 Å². The third-order valence-electron chi connectivity index (χ3n) is 2.47. The van der Waals surface area contributed by atoms with Gasteiger partial charge in [-0.2, -0.15) is 0 Å². The van der Waals surface area contributed by atoms with Gasteiger partial charge in [0.25, 0.3) is 0 Å². The van der Waals surface area contributed by atoms with Crippen LogP contribution in [0.5, 0.6) is 0 Å². The van der Waals surface area contributed by atoms with Crippen molar-refractivity contribution in [2.24, 2.45) is 16.8 Å². The second kappa shape index (κ2) is 6.63. The zero-order valence-electron chi connectivity index (χ0n) is 9.62. The molecule has 0 aromatic rings. The van der Waals surface area contributed by atoms with E-state index in [9.17, 15) is 0 Å². The number of hydrogen-bond acceptors (Lipinski definition) is 3. The molecule has 0 aromatic heterocycles. The molecule has 1 aliphatic rings. The van der Waals surface area contributed by atoms with Crippen LogP contribution in [0.25, 0.3) is 0 Å². The maximum absolute atomic E-state index is 5.37. The molecule has 0 spiro atoms. The highest BCUT2D eigenvalue weighted by Gasteiger charge is 2.23. The molecule has 15 heavy (non-hydrogen) atoms. The molecule has 0 bridgehead atoms. The van der Waals surface area contributed by atoms with E-state index in [0.717, 1.165) is 5.92 Å². The van der Waals surface area contributed by atoms with Crippen LogP contribution >= 0.6 is 0 Å². The van der Waals surface area contributed by atoms with Crippen LogP contribution in [0, 0.1) is 5.92 Å². The van der Waals surface area contributed by atoms with Crippen molar-refractivity contribution in [3.63, 3.8) is 0 Å². The molecule has 0 saturated heterocycles. The van der Waals surface area contributed by atoms with E-state index in [1.807, 2.05) is 0 Å². The minimum atomic E-state index is 0.426. The van der Waals surface area contributed by atoms with E-state index in [2.05, 4.69) is 22.7 Å². The maximum Gasteiger partial charge on any atom is 0.206 e. The van der Waals surface area contributed by atoms with E-state index >= 15 is 0 Å². The number of nitrogens with two attached hydrogens (primary N) is 1. The predicted octanol–water partition coefficient (Wildman–Crippen LogP) is 0.230. The van der Waals surface area contributed by atoms with Crippen LogP contribution in [0.3, 0.4) is 0 Å². The van der Waals surface area contributed by atoms with Gasteiger partial charge >= 0.3 is 0 Å². The molecule has 1 aliphatic carbocycles. The third-order valence-corrected chi connectivity index (χ3v) is 2.47. The number of guanidine groups is 1. The number of hydrazine groups is 1. The minimum absolute atomic E-state index is 0.426. The third kappa shape index (κ3) is 5.59. The van der Waals surface area contributed by atoms with Crippen LogP contribution in [0.15, 0.2) is 4.99 Å². The highest BCUT2D eigenvalue weighted by Crippen LogP contribution is 2.33. The average Bonchev–Trinajstić information content (AvgIpc) is 3.00. The lowest BCUT2D eigenvalue weighted by molar-refractivity contribution is 0.208. The average molecular weight is 214 g/mol. The van der Waals surface area contributed by atoms with Crippen molar-refractivity contribution in [2.75, 3.05) is 20.3 Å². The zero-order valence-corrected chi connectivity index (χ0v) is 9.62. The molecule has 0 radical (unpaired) electrons. The Labute approximate surface area is 91.4 Å². The summed E-state index contributed by atoms with van der Waals surface area (Å²) in [5.41, 5.74) is 2.57. The van der Waals surface area contributed by atoms with Crippen molar-refractivity contribution in [1.82, 2.24) is 10.7 Å². The lowest BCUT2D eigenvalue weighted by Crippen LogP contribution is -2.45. The van der Waals surface area contributed by atoms with Gasteiger partial charge in [-0.15, -0.1) is 0 Å². The molecule has 1 unspecified atom stereocenters. The van der Waals surface area contributed by atoms with Crippen molar-refractivity contribution in [3.8, 4) is 0 Å². The summed E-state index contributed by atoms with van der Waals surface area (Å²) in [7, 11) is 1.66. The lowest BCUT2D eigenvalue weighted by atomic mass is 10.2. The Bertz CT molecular complexity index is 204. The molecule has 4 N–H and O–H groups in total. The fourth-order valence-corrected chi connectivity index (χ4v) is 1.53. The fraction of sp³-hybridized carbons (Fsp3) is 0.900. The topological polar surface area (TPSA) is 71.7 Å². The zero-order chi connectivity index (χ0) is 11.1. The molecular formula is C10H22N4O. The number of nitrogens with zero attached hydrogens (tertiary/aromatic N) is 1. The van der Waals surface area contributed by atoms with Gasteiger partial charge in [0.1, 0.15) is 0 Å². The van der Waals surface area contributed by atoms with Gasteiger partial charge in [-0.3, -0.25) is 5.43 Å². The maximum atomic E-state index is 5.37. The van der Waals surface area contributed by atoms with E-state index in [0.29, 0.717) is 25.2 Å². The molecule has 0 heterocycles. The first-order valence-electron chi connectivity index (χ1n) is 5.52. The molecular weight excluding hydrogens is 192 g/mol. The second-order valence-corrected chi connectivity index (χ2v) is 4.09. The first-order valence-corrected chi connectivity index (χ1v) is 5.52. The van der Waals surface area contributed by atoms with Gasteiger partial charge in [0.15, 0.2) is 0 Å². The van der Waals surface area contributed by atoms with E-state index < -0.39 is 0 Å². The number of rotatable bonds is 6. The van der Waals surface area contributed by atoms with Crippen LogP contribution in [0.2, 0.25) is 0 Å². The van der Waals surface area contributed by atoms with Gasteiger partial charge in [0, 0.05) is 13.2 Å². The summed E-state index contributed by atoms with van der Waals surface area (Å²) in [4.78, 5) is 4.24. The molecule has 88 valence electrons. The predicted molar refractivity (Wildman–Crippen MR) is 61.4 cm³/mol. The first-order chi connectivity index (χ1) is 7.26. The highest BCUT2D eigenvalue weighted by atomic mass is 16.5. The Kier molecular flexibility index (Phi) is 5.42. The van der Waals surface area contributed by atoms with Gasteiger partial charge in [0.2, 0.25) is 5.96 Å². The summed E-state index contributed by atoms with van der Waals surface area (Å²) >= 11 is 0. The van der Waals surface area contributed by atoms with E-state index in [-0.39, 0.29) is 0 Å². The molecule has 1 fully saturated rings. The van der Waals surface area contributed by atoms with Crippen LogP contribution in [-0.4, -0.2) is 32.3 Å². The van der Waals surface area contributed by atoms with E-state index in [4.69, 9.17) is 10.6 Å². The standard InChI is InChI=1S/C10H22N4O/c1-8(7-9-3-4-9)13-10(14-11)12-5-6-15-2/h8-9H,3-7,11H2,1-2H3,(H2,12,13,14). The number of aliphatic imine (C=N–C) groups is 1. The Morgan fingerprint density at radius 3 is 2.87 bits per heavy atom. The summed E-state index contributed by atoms with van der Waals surface area (Å²) < 4.78 is 4.91. The summed E-state index contributed by atoms with van der Waals surface area (Å²) in [5, 5.41) is 3.26. The molecule has 0 aliphatic heterocycles. The van der Waals surface area contributed by atoms with Crippen molar-refractivity contribution in [3.05, 3.63) is 0 Å². The Balaban J connectivity index is 2.20. The quantitative estimate of drug-likeness (QED) is 0.195. The van der Waals surface area contributed by atoms with Crippen LogP contribution in [-0.2, 0) is 4.74 Å². The largest absolute Gasteiger partial charge is 0.383 e. The minimum Gasteiger partial charge on any atom is -0.383 e. The lowest BCUT2D eigenvalue weighted by Gasteiger charge is -2.16. The molecule has 5 heteroatoms. The molecule has 0 aromatic carbocycles.